The van der Waals surface area contributed by atoms with E-state index in [-0.39, 0.29) is 5.95 Å². The number of anilines is 1. The molecule has 0 fully saturated rings. The van der Waals surface area contributed by atoms with E-state index in [2.05, 4.69) is 9.97 Å². The first kappa shape index (κ1) is 9.86. The molecule has 0 bridgehead atoms. The monoisotopic (exact) mass is 223 g/mol. The molecule has 2 aromatic rings. The lowest BCUT2D eigenvalue weighted by atomic mass is 10.1. The molecule has 1 aromatic carbocycles. The van der Waals surface area contributed by atoms with Crippen LogP contribution in [0.2, 0.25) is 5.02 Å². The third-order valence-electron chi connectivity index (χ3n) is 1.87. The van der Waals surface area contributed by atoms with Crippen LogP contribution in [0.1, 0.15) is 0 Å². The van der Waals surface area contributed by atoms with Gasteiger partial charge >= 0.3 is 0 Å². The number of rotatable bonds is 1. The van der Waals surface area contributed by atoms with Crippen LogP contribution in [-0.4, -0.2) is 9.97 Å². The van der Waals surface area contributed by atoms with Crippen molar-refractivity contribution < 1.29 is 4.39 Å². The largest absolute Gasteiger partial charge is 0.368 e. The van der Waals surface area contributed by atoms with Crippen molar-refractivity contribution in [3.05, 3.63) is 41.4 Å². The van der Waals surface area contributed by atoms with Crippen LogP contribution in [-0.2, 0) is 0 Å². The minimum Gasteiger partial charge on any atom is -0.368 e. The van der Waals surface area contributed by atoms with Crippen molar-refractivity contribution >= 4 is 17.5 Å². The maximum atomic E-state index is 13.0. The molecular weight excluding hydrogens is 217 g/mol. The Morgan fingerprint density at radius 2 is 1.73 bits per heavy atom. The first-order valence-corrected chi connectivity index (χ1v) is 4.57. The molecule has 0 atom stereocenters. The van der Waals surface area contributed by atoms with Gasteiger partial charge in [-0.1, -0.05) is 11.6 Å². The van der Waals surface area contributed by atoms with Crippen molar-refractivity contribution in [2.24, 2.45) is 0 Å². The number of nitrogens with two attached hydrogens (primary N) is 1. The molecule has 3 nitrogen and oxygen atoms in total. The van der Waals surface area contributed by atoms with Crippen LogP contribution in [0.4, 0.5) is 10.3 Å². The molecule has 2 rings (SSSR count). The molecule has 0 saturated heterocycles. The standard InChI is InChI=1S/C10H7ClFN3/c11-8-1-6(2-9(12)3-8)7-4-14-10(13)15-5-7/h1-5H,(H2,13,14,15). The molecule has 0 unspecified atom stereocenters. The van der Waals surface area contributed by atoms with Gasteiger partial charge in [-0.25, -0.2) is 14.4 Å². The Hall–Kier alpha value is -1.68. The summed E-state index contributed by atoms with van der Waals surface area (Å²) in [6, 6.07) is 4.24. The highest BCUT2D eigenvalue weighted by molar-refractivity contribution is 6.30. The van der Waals surface area contributed by atoms with Gasteiger partial charge in [0.05, 0.1) is 0 Å². The van der Waals surface area contributed by atoms with Gasteiger partial charge in [0, 0.05) is 23.0 Å². The van der Waals surface area contributed by atoms with E-state index in [0.717, 1.165) is 0 Å². The summed E-state index contributed by atoms with van der Waals surface area (Å²) in [7, 11) is 0. The first-order valence-electron chi connectivity index (χ1n) is 4.19. The Bertz CT molecular complexity index is 464. The van der Waals surface area contributed by atoms with Gasteiger partial charge < -0.3 is 5.73 Å². The number of aromatic nitrogens is 2. The Morgan fingerprint density at radius 3 is 2.33 bits per heavy atom. The van der Waals surface area contributed by atoms with E-state index in [0.29, 0.717) is 16.1 Å². The molecule has 0 radical (unpaired) electrons. The van der Waals surface area contributed by atoms with Crippen LogP contribution < -0.4 is 5.73 Å². The van der Waals surface area contributed by atoms with Gasteiger partial charge in [-0.15, -0.1) is 0 Å². The predicted molar refractivity (Wildman–Crippen MR) is 56.8 cm³/mol. The van der Waals surface area contributed by atoms with Crippen molar-refractivity contribution in [1.29, 1.82) is 0 Å². The minimum atomic E-state index is -0.394. The first-order chi connectivity index (χ1) is 7.15. The van der Waals surface area contributed by atoms with Crippen molar-refractivity contribution in [3.8, 4) is 11.1 Å². The van der Waals surface area contributed by atoms with Gasteiger partial charge in [0.15, 0.2) is 0 Å². The van der Waals surface area contributed by atoms with E-state index in [4.69, 9.17) is 17.3 Å². The molecule has 15 heavy (non-hydrogen) atoms. The fourth-order valence-electron chi connectivity index (χ4n) is 1.21. The van der Waals surface area contributed by atoms with Gasteiger partial charge in [0.2, 0.25) is 5.95 Å². The highest BCUT2D eigenvalue weighted by Gasteiger charge is 2.02. The zero-order valence-corrected chi connectivity index (χ0v) is 8.37. The van der Waals surface area contributed by atoms with Crippen molar-refractivity contribution in [2.75, 3.05) is 5.73 Å². The Balaban J connectivity index is 2.49. The lowest BCUT2D eigenvalue weighted by Crippen LogP contribution is -1.93. The second-order valence-electron chi connectivity index (χ2n) is 2.99. The van der Waals surface area contributed by atoms with Gasteiger partial charge in [-0.3, -0.25) is 0 Å². The van der Waals surface area contributed by atoms with Crippen LogP contribution in [0.15, 0.2) is 30.6 Å². The molecule has 5 heteroatoms. The number of hydrogen-bond donors (Lipinski definition) is 1. The van der Waals surface area contributed by atoms with Crippen LogP contribution in [0.25, 0.3) is 11.1 Å². The summed E-state index contributed by atoms with van der Waals surface area (Å²) in [6.45, 7) is 0. The highest BCUT2D eigenvalue weighted by atomic mass is 35.5. The summed E-state index contributed by atoms with van der Waals surface area (Å²) in [6.07, 6.45) is 3.04. The summed E-state index contributed by atoms with van der Waals surface area (Å²) in [5.41, 5.74) is 6.64. The van der Waals surface area contributed by atoms with Crippen LogP contribution in [0.3, 0.4) is 0 Å². The maximum absolute atomic E-state index is 13.0. The second kappa shape index (κ2) is 3.82. The van der Waals surface area contributed by atoms with Gasteiger partial charge in [-0.2, -0.15) is 0 Å². The summed E-state index contributed by atoms with van der Waals surface area (Å²) in [5.74, 6) is -0.212. The quantitative estimate of drug-likeness (QED) is 0.808. The van der Waals surface area contributed by atoms with Crippen molar-refractivity contribution in [2.45, 2.75) is 0 Å². The van der Waals surface area contributed by atoms with E-state index in [9.17, 15) is 4.39 Å². The van der Waals surface area contributed by atoms with Gasteiger partial charge in [-0.05, 0) is 23.8 Å². The van der Waals surface area contributed by atoms with E-state index in [1.807, 2.05) is 0 Å². The van der Waals surface area contributed by atoms with Crippen LogP contribution in [0, 0.1) is 5.82 Å². The van der Waals surface area contributed by atoms with Crippen LogP contribution in [0.5, 0.6) is 0 Å². The van der Waals surface area contributed by atoms with E-state index in [1.54, 1.807) is 6.07 Å². The average Bonchev–Trinajstić information content (AvgIpc) is 2.17. The summed E-state index contributed by atoms with van der Waals surface area (Å²) < 4.78 is 13.0. The molecule has 0 spiro atoms. The SMILES string of the molecule is Nc1ncc(-c2cc(F)cc(Cl)c2)cn1. The number of nitrogen functional groups attached to an aromatic ring is 1. The minimum absolute atomic E-state index is 0.182. The van der Waals surface area contributed by atoms with Crippen molar-refractivity contribution in [3.63, 3.8) is 0 Å². The number of hydrogen-bond acceptors (Lipinski definition) is 3. The molecule has 0 aliphatic heterocycles. The normalized spacial score (nSPS) is 10.3. The zero-order chi connectivity index (χ0) is 10.8. The lowest BCUT2D eigenvalue weighted by Gasteiger charge is -2.01. The Labute approximate surface area is 90.7 Å². The average molecular weight is 224 g/mol. The van der Waals surface area contributed by atoms with Gasteiger partial charge in [0.1, 0.15) is 5.82 Å². The van der Waals surface area contributed by atoms with E-state index >= 15 is 0 Å². The topological polar surface area (TPSA) is 51.8 Å². The Morgan fingerprint density at radius 1 is 1.07 bits per heavy atom. The fraction of sp³-hybridized carbons (Fsp3) is 0. The molecular formula is C10H7ClFN3. The third-order valence-corrected chi connectivity index (χ3v) is 2.09. The summed E-state index contributed by atoms with van der Waals surface area (Å²) in [4.78, 5) is 7.63. The van der Waals surface area contributed by atoms with E-state index < -0.39 is 5.82 Å². The molecule has 76 valence electrons. The lowest BCUT2D eigenvalue weighted by molar-refractivity contribution is 0.628. The van der Waals surface area contributed by atoms with E-state index in [1.165, 1.54) is 24.5 Å². The molecule has 0 amide bonds. The second-order valence-corrected chi connectivity index (χ2v) is 3.42. The number of nitrogens with zero attached hydrogens (tertiary/aromatic N) is 2. The summed E-state index contributed by atoms with van der Waals surface area (Å²) >= 11 is 5.73. The Kier molecular flexibility index (Phi) is 2.51. The zero-order valence-electron chi connectivity index (χ0n) is 7.61. The highest BCUT2D eigenvalue weighted by Crippen LogP contribution is 2.23. The molecule has 0 aliphatic rings. The molecule has 1 heterocycles. The molecule has 1 aromatic heterocycles. The third kappa shape index (κ3) is 2.22. The van der Waals surface area contributed by atoms with Gasteiger partial charge in [0.25, 0.3) is 0 Å². The molecule has 2 N–H and O–H groups in total. The molecule has 0 saturated carbocycles. The predicted octanol–water partition coefficient (Wildman–Crippen LogP) is 2.52. The fourth-order valence-corrected chi connectivity index (χ4v) is 1.43. The maximum Gasteiger partial charge on any atom is 0.219 e. The number of benzene rings is 1. The summed E-state index contributed by atoms with van der Waals surface area (Å²) in [5, 5.41) is 0.335. The smallest absolute Gasteiger partial charge is 0.219 e. The van der Waals surface area contributed by atoms with Crippen molar-refractivity contribution in [1.82, 2.24) is 9.97 Å². The molecule has 0 aliphatic carbocycles. The van der Waals surface area contributed by atoms with Crippen LogP contribution >= 0.6 is 11.6 Å². The number of halogens is 2.